The third-order valence-corrected chi connectivity index (χ3v) is 16.6. The molecule has 7 N–H and O–H groups in total. The van der Waals surface area contributed by atoms with E-state index < -0.39 is 23.6 Å². The number of thiazole rings is 2. The second-order valence-corrected chi connectivity index (χ2v) is 21.0. The first kappa shape index (κ1) is 54.4. The monoisotopic (exact) mass is 1100 g/mol. The Morgan fingerprint density at radius 2 is 1.05 bits per heavy atom. The number of primary amides is 3. The Hall–Kier alpha value is -8.38. The number of hydrogen-bond donors (Lipinski definition) is 4. The molecule has 4 aromatic heterocycles. The van der Waals surface area contributed by atoms with E-state index >= 15 is 0 Å². The number of rotatable bonds is 12. The third-order valence-electron chi connectivity index (χ3n) is 14.4. The summed E-state index contributed by atoms with van der Waals surface area (Å²) in [5.41, 5.74) is 18.4. The molecule has 8 amide bonds. The van der Waals surface area contributed by atoms with Gasteiger partial charge in [0, 0.05) is 125 Å². The lowest BCUT2D eigenvalue weighted by Crippen LogP contribution is -2.54. The number of carbonyl (C=O) groups excluding carboxylic acids is 6. The van der Waals surface area contributed by atoms with Gasteiger partial charge < -0.3 is 61.4 Å². The van der Waals surface area contributed by atoms with E-state index in [0.29, 0.717) is 91.2 Å². The van der Waals surface area contributed by atoms with E-state index in [4.69, 9.17) is 26.7 Å². The van der Waals surface area contributed by atoms with E-state index in [1.165, 1.54) is 49.0 Å². The molecule has 4 saturated heterocycles. The molecule has 4 aliphatic rings. The van der Waals surface area contributed by atoms with Gasteiger partial charge in [-0.05, 0) is 86.3 Å². The average molecular weight is 1100 g/mol. The number of urea groups is 2. The van der Waals surface area contributed by atoms with Gasteiger partial charge in [-0.2, -0.15) is 0 Å². The summed E-state index contributed by atoms with van der Waals surface area (Å²) < 4.78 is 10.8. The van der Waals surface area contributed by atoms with Crippen LogP contribution in [0.25, 0.3) is 10.4 Å². The summed E-state index contributed by atoms with van der Waals surface area (Å²) in [6.45, 7) is 8.19. The molecule has 0 radical (unpaired) electrons. The van der Waals surface area contributed by atoms with Gasteiger partial charge in [0.2, 0.25) is 11.8 Å². The summed E-state index contributed by atoms with van der Waals surface area (Å²) in [4.78, 5) is 105. The molecule has 0 aliphatic carbocycles. The van der Waals surface area contributed by atoms with Gasteiger partial charge in [-0.15, -0.1) is 22.7 Å². The smallest absolute Gasteiger partial charge is 0.320 e. The van der Waals surface area contributed by atoms with Crippen molar-refractivity contribution >= 4 is 75.7 Å². The summed E-state index contributed by atoms with van der Waals surface area (Å²) in [5, 5.41) is 6.16. The minimum atomic E-state index is -0.656. The van der Waals surface area contributed by atoms with Crippen molar-refractivity contribution in [1.29, 1.82) is 0 Å². The van der Waals surface area contributed by atoms with Crippen LogP contribution in [0.5, 0.6) is 11.5 Å². The zero-order chi connectivity index (χ0) is 54.9. The topological polar surface area (TPSA) is 282 Å². The number of amides is 8. The Morgan fingerprint density at radius 1 is 0.564 bits per heavy atom. The van der Waals surface area contributed by atoms with Crippen molar-refractivity contribution in [1.82, 2.24) is 39.5 Å². The predicted molar refractivity (Wildman–Crippen MR) is 297 cm³/mol. The number of methoxy groups -OCH3 is 2. The molecule has 6 aromatic rings. The van der Waals surface area contributed by atoms with Gasteiger partial charge in [-0.1, -0.05) is 12.1 Å². The number of pyridine rings is 2. The second-order valence-electron chi connectivity index (χ2n) is 19.1. The SMILES string of the molecule is COc1ccc(C(N)=O)cc1-c1sc(C2CCN(C(=O)N3CCN(c4ccccn4)CC3)CC2)nc1C(N)=O.COc1ccc(C(N)=O)cc1NC(=O)c1csc(C2CCN(C(=O)N3CCN(c4ccccn4)CC3)CC2)n1. The first-order chi connectivity index (χ1) is 37.8. The molecule has 408 valence electrons. The Bertz CT molecular complexity index is 3110. The van der Waals surface area contributed by atoms with Crippen molar-refractivity contribution in [2.24, 2.45) is 17.2 Å². The molecule has 0 atom stereocenters. The zero-order valence-corrected chi connectivity index (χ0v) is 45.0. The maximum atomic E-state index is 13.2. The molecule has 4 aliphatic heterocycles. The maximum absolute atomic E-state index is 13.2. The molecule has 24 heteroatoms. The van der Waals surface area contributed by atoms with Crippen molar-refractivity contribution < 1.29 is 38.2 Å². The lowest BCUT2D eigenvalue weighted by Gasteiger charge is -2.39. The molecule has 0 unspecified atom stereocenters. The van der Waals surface area contributed by atoms with E-state index in [9.17, 15) is 28.8 Å². The zero-order valence-electron chi connectivity index (χ0n) is 43.4. The molecule has 2 aromatic carbocycles. The van der Waals surface area contributed by atoms with Gasteiger partial charge in [0.25, 0.3) is 11.8 Å². The highest BCUT2D eigenvalue weighted by molar-refractivity contribution is 7.15. The van der Waals surface area contributed by atoms with Crippen LogP contribution >= 0.6 is 22.7 Å². The van der Waals surface area contributed by atoms with E-state index in [-0.39, 0.29) is 35.2 Å². The molecular formula is C54H62N14O8S2. The molecule has 78 heavy (non-hydrogen) atoms. The van der Waals surface area contributed by atoms with Crippen molar-refractivity contribution in [3.63, 3.8) is 0 Å². The van der Waals surface area contributed by atoms with Gasteiger partial charge in [0.15, 0.2) is 0 Å². The van der Waals surface area contributed by atoms with Crippen molar-refractivity contribution in [2.75, 3.05) is 108 Å². The van der Waals surface area contributed by atoms with E-state index in [1.54, 1.807) is 42.0 Å². The Morgan fingerprint density at radius 3 is 1.53 bits per heavy atom. The lowest BCUT2D eigenvalue weighted by atomic mass is 9.97. The number of likely N-dealkylation sites (tertiary alicyclic amines) is 2. The molecule has 0 spiro atoms. The summed E-state index contributed by atoms with van der Waals surface area (Å²) in [6.07, 6.45) is 6.61. The predicted octanol–water partition coefficient (Wildman–Crippen LogP) is 5.55. The number of ether oxygens (including phenoxy) is 2. The van der Waals surface area contributed by atoms with Crippen LogP contribution in [0.2, 0.25) is 0 Å². The molecule has 22 nitrogen and oxygen atoms in total. The highest BCUT2D eigenvalue weighted by atomic mass is 32.1. The fourth-order valence-electron chi connectivity index (χ4n) is 9.99. The summed E-state index contributed by atoms with van der Waals surface area (Å²) in [7, 11) is 2.99. The number of carbonyl (C=O) groups is 6. The van der Waals surface area contributed by atoms with E-state index in [1.807, 2.05) is 56.0 Å². The minimum Gasteiger partial charge on any atom is -0.496 e. The first-order valence-electron chi connectivity index (χ1n) is 25.7. The maximum Gasteiger partial charge on any atom is 0.320 e. The summed E-state index contributed by atoms with van der Waals surface area (Å²) in [6, 6.07) is 21.3. The summed E-state index contributed by atoms with van der Waals surface area (Å²) in [5.74, 6) is 0.820. The number of benzene rings is 2. The minimum absolute atomic E-state index is 0.0553. The largest absolute Gasteiger partial charge is 0.496 e. The molecule has 10 rings (SSSR count). The van der Waals surface area contributed by atoms with Gasteiger partial charge in [0.1, 0.15) is 34.5 Å². The standard InChI is InChI=1S/2C27H31N7O4S/c1-38-22-6-5-19(24(28)35)16-20(22)30-25(36)21-17-39-26(31-21)18-7-10-33(11-8-18)27(37)34-14-12-32(13-15-34)23-4-2-3-9-29-23;1-38-20-6-5-18(24(28)35)16-19(20)23-22(25(29)36)31-26(39-23)17-7-10-33(11-8-17)27(37)34-14-12-32(13-15-34)21-4-2-3-9-30-21/h2-6,9,16-18H,7-8,10-15H2,1H3,(H2,28,35)(H,30,36);2-6,9,16-17H,7-8,10-15H2,1H3,(H2,28,35)(H2,29,36). The molecule has 0 bridgehead atoms. The Kier molecular flexibility index (Phi) is 17.3. The number of hydrogen-bond acceptors (Lipinski definition) is 16. The van der Waals surface area contributed by atoms with Crippen LogP contribution in [0, 0.1) is 0 Å². The molecule has 8 heterocycles. The molecule has 0 saturated carbocycles. The van der Waals surface area contributed by atoms with Crippen LogP contribution in [-0.2, 0) is 0 Å². The number of aromatic nitrogens is 4. The number of nitrogens with two attached hydrogens (primary N) is 3. The van der Waals surface area contributed by atoms with Crippen LogP contribution < -0.4 is 41.8 Å². The van der Waals surface area contributed by atoms with Crippen LogP contribution in [-0.4, -0.2) is 168 Å². The van der Waals surface area contributed by atoms with Crippen LogP contribution in [0.15, 0.2) is 90.6 Å². The lowest BCUT2D eigenvalue weighted by molar-refractivity contribution is 0.0989. The number of anilines is 3. The average Bonchev–Trinajstić information content (AvgIpc) is 4.20. The van der Waals surface area contributed by atoms with Crippen LogP contribution in [0.3, 0.4) is 0 Å². The normalized spacial score (nSPS) is 16.2. The van der Waals surface area contributed by atoms with Gasteiger partial charge >= 0.3 is 12.1 Å². The van der Waals surface area contributed by atoms with Crippen LogP contribution in [0.1, 0.15) is 89.2 Å². The van der Waals surface area contributed by atoms with Crippen molar-refractivity contribution in [3.05, 3.63) is 123 Å². The van der Waals surface area contributed by atoms with Gasteiger partial charge in [-0.25, -0.2) is 29.5 Å². The van der Waals surface area contributed by atoms with E-state index in [0.717, 1.165) is 73.5 Å². The number of nitrogens with zero attached hydrogens (tertiary/aromatic N) is 10. The molecular weight excluding hydrogens is 1040 g/mol. The van der Waals surface area contributed by atoms with E-state index in [2.05, 4.69) is 35.1 Å². The Labute approximate surface area is 459 Å². The molecule has 4 fully saturated rings. The Balaban J connectivity index is 0.000000190. The van der Waals surface area contributed by atoms with Crippen molar-refractivity contribution in [3.8, 4) is 21.9 Å². The number of nitrogens with one attached hydrogen (secondary N) is 1. The number of piperidine rings is 2. The first-order valence-corrected chi connectivity index (χ1v) is 27.4. The number of piperazine rings is 2. The third kappa shape index (κ3) is 12.6. The second kappa shape index (κ2) is 24.7. The fraction of sp³-hybridized carbons (Fsp3) is 0.370. The van der Waals surface area contributed by atoms with Crippen molar-refractivity contribution in [2.45, 2.75) is 37.5 Å². The summed E-state index contributed by atoms with van der Waals surface area (Å²) >= 11 is 2.81. The fourth-order valence-corrected chi connectivity index (χ4v) is 12.2. The highest BCUT2D eigenvalue weighted by Gasteiger charge is 2.34. The quantitative estimate of drug-likeness (QED) is 0.117. The van der Waals surface area contributed by atoms with Crippen LogP contribution in [0.4, 0.5) is 26.9 Å². The highest BCUT2D eigenvalue weighted by Crippen LogP contribution is 2.42. The van der Waals surface area contributed by atoms with Gasteiger partial charge in [0.05, 0.1) is 34.8 Å². The van der Waals surface area contributed by atoms with Gasteiger partial charge in [-0.3, -0.25) is 19.2 Å².